The van der Waals surface area contributed by atoms with Crippen LogP contribution < -0.4 is 15.4 Å². The van der Waals surface area contributed by atoms with Crippen LogP contribution in [0, 0.1) is 0 Å². The first-order valence-electron chi connectivity index (χ1n) is 8.98. The van der Waals surface area contributed by atoms with E-state index in [1.807, 2.05) is 6.07 Å². The van der Waals surface area contributed by atoms with E-state index in [0.717, 1.165) is 25.1 Å². The van der Waals surface area contributed by atoms with Gasteiger partial charge in [0.1, 0.15) is 12.4 Å². The number of methoxy groups -OCH3 is 1. The van der Waals surface area contributed by atoms with Gasteiger partial charge in [-0.25, -0.2) is 0 Å². The van der Waals surface area contributed by atoms with E-state index in [1.165, 1.54) is 38.4 Å². The van der Waals surface area contributed by atoms with Crippen molar-refractivity contribution in [1.82, 2.24) is 10.6 Å². The van der Waals surface area contributed by atoms with Gasteiger partial charge in [-0.15, -0.1) is 0 Å². The van der Waals surface area contributed by atoms with Gasteiger partial charge in [-0.05, 0) is 49.9 Å². The maximum absolute atomic E-state index is 11.3. The molecule has 0 bridgehead atoms. The quantitative estimate of drug-likeness (QED) is 0.680. The summed E-state index contributed by atoms with van der Waals surface area (Å²) in [5.41, 5.74) is 1.32. The van der Waals surface area contributed by atoms with E-state index in [2.05, 4.69) is 28.8 Å². The monoisotopic (exact) mass is 334 g/mol. The van der Waals surface area contributed by atoms with Crippen LogP contribution >= 0.6 is 0 Å². The Balaban J connectivity index is 1.69. The van der Waals surface area contributed by atoms with Crippen molar-refractivity contribution >= 4 is 5.91 Å². The molecule has 0 aromatic heterocycles. The minimum Gasteiger partial charge on any atom is -0.494 e. The van der Waals surface area contributed by atoms with Crippen LogP contribution in [0.5, 0.6) is 5.75 Å². The zero-order chi connectivity index (χ0) is 17.0. The number of amides is 1. The van der Waals surface area contributed by atoms with Gasteiger partial charge in [-0.3, -0.25) is 4.79 Å². The Labute approximate surface area is 145 Å². The van der Waals surface area contributed by atoms with E-state index in [0.29, 0.717) is 19.2 Å². The van der Waals surface area contributed by atoms with Crippen LogP contribution in [0.25, 0.3) is 0 Å². The minimum absolute atomic E-state index is 0.0876. The van der Waals surface area contributed by atoms with Gasteiger partial charge in [-0.1, -0.05) is 25.0 Å². The third-order valence-electron chi connectivity index (χ3n) is 4.23. The zero-order valence-corrected chi connectivity index (χ0v) is 14.7. The SMILES string of the molecule is COCC(=O)NCCCOc1cccc(CC2CCCCCN2)c1. The van der Waals surface area contributed by atoms with Crippen molar-refractivity contribution in [2.24, 2.45) is 0 Å². The molecule has 1 heterocycles. The van der Waals surface area contributed by atoms with E-state index in [4.69, 9.17) is 9.47 Å². The molecule has 1 aromatic rings. The van der Waals surface area contributed by atoms with Gasteiger partial charge in [0.15, 0.2) is 0 Å². The Morgan fingerprint density at radius 3 is 3.12 bits per heavy atom. The van der Waals surface area contributed by atoms with Crippen molar-refractivity contribution in [1.29, 1.82) is 0 Å². The molecule has 1 unspecified atom stereocenters. The largest absolute Gasteiger partial charge is 0.494 e. The molecule has 1 aliphatic heterocycles. The Morgan fingerprint density at radius 2 is 2.25 bits per heavy atom. The normalized spacial score (nSPS) is 18.0. The zero-order valence-electron chi connectivity index (χ0n) is 14.7. The average molecular weight is 334 g/mol. The molecule has 1 fully saturated rings. The van der Waals surface area contributed by atoms with E-state index < -0.39 is 0 Å². The van der Waals surface area contributed by atoms with Gasteiger partial charge in [0.05, 0.1) is 6.61 Å². The number of benzene rings is 1. The Morgan fingerprint density at radius 1 is 1.33 bits per heavy atom. The predicted octanol–water partition coefficient (Wildman–Crippen LogP) is 2.29. The molecule has 1 aliphatic rings. The summed E-state index contributed by atoms with van der Waals surface area (Å²) in [5, 5.41) is 6.43. The Hall–Kier alpha value is -1.59. The highest BCUT2D eigenvalue weighted by molar-refractivity contribution is 5.77. The highest BCUT2D eigenvalue weighted by Crippen LogP contribution is 2.18. The van der Waals surface area contributed by atoms with Crippen molar-refractivity contribution in [3.63, 3.8) is 0 Å². The lowest BCUT2D eigenvalue weighted by atomic mass is 10.0. The Bertz CT molecular complexity index is 485. The molecule has 0 radical (unpaired) electrons. The second-order valence-corrected chi connectivity index (χ2v) is 6.34. The van der Waals surface area contributed by atoms with Gasteiger partial charge < -0.3 is 20.1 Å². The summed E-state index contributed by atoms with van der Waals surface area (Å²) in [7, 11) is 1.51. The number of rotatable bonds is 9. The summed E-state index contributed by atoms with van der Waals surface area (Å²) in [6.07, 6.45) is 7.05. The molecule has 1 saturated heterocycles. The molecular formula is C19H30N2O3. The fraction of sp³-hybridized carbons (Fsp3) is 0.632. The number of carbonyl (C=O) groups excluding carboxylic acids is 1. The van der Waals surface area contributed by atoms with Crippen LogP contribution in [-0.4, -0.2) is 45.4 Å². The number of nitrogens with one attached hydrogen (secondary N) is 2. The van der Waals surface area contributed by atoms with Crippen molar-refractivity contribution in [3.05, 3.63) is 29.8 Å². The molecule has 0 aliphatic carbocycles. The molecule has 1 amide bonds. The molecule has 5 heteroatoms. The van der Waals surface area contributed by atoms with E-state index >= 15 is 0 Å². The molecular weight excluding hydrogens is 304 g/mol. The predicted molar refractivity (Wildman–Crippen MR) is 95.4 cm³/mol. The van der Waals surface area contributed by atoms with Gasteiger partial charge >= 0.3 is 0 Å². The summed E-state index contributed by atoms with van der Waals surface area (Å²) in [6, 6.07) is 8.94. The molecule has 2 rings (SSSR count). The lowest BCUT2D eigenvalue weighted by molar-refractivity contribution is -0.124. The third kappa shape index (κ3) is 7.32. The average Bonchev–Trinajstić information content (AvgIpc) is 2.84. The lowest BCUT2D eigenvalue weighted by Gasteiger charge is -2.16. The molecule has 1 atom stereocenters. The van der Waals surface area contributed by atoms with Crippen molar-refractivity contribution in [2.45, 2.75) is 44.6 Å². The summed E-state index contributed by atoms with van der Waals surface area (Å²) in [6.45, 7) is 2.44. The highest BCUT2D eigenvalue weighted by Gasteiger charge is 2.12. The van der Waals surface area contributed by atoms with Crippen LogP contribution in [-0.2, 0) is 16.0 Å². The summed E-state index contributed by atoms with van der Waals surface area (Å²) < 4.78 is 10.6. The first-order chi connectivity index (χ1) is 11.8. The van der Waals surface area contributed by atoms with Crippen LogP contribution in [0.4, 0.5) is 0 Å². The number of ether oxygens (including phenoxy) is 2. The molecule has 1 aromatic carbocycles. The summed E-state index contributed by atoms with van der Waals surface area (Å²) in [4.78, 5) is 11.3. The second-order valence-electron chi connectivity index (χ2n) is 6.34. The fourth-order valence-corrected chi connectivity index (χ4v) is 2.99. The van der Waals surface area contributed by atoms with Crippen molar-refractivity contribution < 1.29 is 14.3 Å². The topological polar surface area (TPSA) is 59.6 Å². The van der Waals surface area contributed by atoms with Gasteiger partial charge in [0.2, 0.25) is 5.91 Å². The molecule has 0 saturated carbocycles. The van der Waals surface area contributed by atoms with E-state index in [1.54, 1.807) is 0 Å². The Kier molecular flexibility index (Phi) is 8.63. The molecule has 134 valence electrons. The van der Waals surface area contributed by atoms with Crippen LogP contribution in [0.15, 0.2) is 24.3 Å². The summed E-state index contributed by atoms with van der Waals surface area (Å²) in [5.74, 6) is 0.819. The van der Waals surface area contributed by atoms with Crippen LogP contribution in [0.2, 0.25) is 0 Å². The van der Waals surface area contributed by atoms with Crippen LogP contribution in [0.3, 0.4) is 0 Å². The number of hydrogen-bond donors (Lipinski definition) is 2. The van der Waals surface area contributed by atoms with Gasteiger partial charge in [-0.2, -0.15) is 0 Å². The number of carbonyl (C=O) groups is 1. The van der Waals surface area contributed by atoms with Gasteiger partial charge in [0, 0.05) is 19.7 Å². The first kappa shape index (κ1) is 18.7. The lowest BCUT2D eigenvalue weighted by Crippen LogP contribution is -2.30. The third-order valence-corrected chi connectivity index (χ3v) is 4.23. The maximum atomic E-state index is 11.3. The minimum atomic E-state index is -0.0876. The standard InChI is InChI=1S/C19H30N2O3/c1-23-15-19(22)21-11-6-12-24-18-9-5-7-16(14-18)13-17-8-3-2-4-10-20-17/h5,7,9,14,17,20H,2-4,6,8,10-13,15H2,1H3,(H,21,22). The van der Waals surface area contributed by atoms with E-state index in [9.17, 15) is 4.79 Å². The van der Waals surface area contributed by atoms with E-state index in [-0.39, 0.29) is 12.5 Å². The first-order valence-corrected chi connectivity index (χ1v) is 8.98. The second kappa shape index (κ2) is 11.0. The van der Waals surface area contributed by atoms with Gasteiger partial charge in [0.25, 0.3) is 0 Å². The summed E-state index contributed by atoms with van der Waals surface area (Å²) >= 11 is 0. The maximum Gasteiger partial charge on any atom is 0.245 e. The smallest absolute Gasteiger partial charge is 0.245 e. The molecule has 5 nitrogen and oxygen atoms in total. The number of hydrogen-bond acceptors (Lipinski definition) is 4. The van der Waals surface area contributed by atoms with Crippen LogP contribution in [0.1, 0.15) is 37.7 Å². The highest BCUT2D eigenvalue weighted by atomic mass is 16.5. The molecule has 2 N–H and O–H groups in total. The fourth-order valence-electron chi connectivity index (χ4n) is 2.99. The van der Waals surface area contributed by atoms with Crippen molar-refractivity contribution in [2.75, 3.05) is 33.4 Å². The molecule has 24 heavy (non-hydrogen) atoms. The molecule has 0 spiro atoms. The van der Waals surface area contributed by atoms with Crippen molar-refractivity contribution in [3.8, 4) is 5.75 Å².